The summed E-state index contributed by atoms with van der Waals surface area (Å²) < 4.78 is 14.1. The fourth-order valence-electron chi connectivity index (χ4n) is 3.21. The lowest BCUT2D eigenvalue weighted by Gasteiger charge is -2.31. The summed E-state index contributed by atoms with van der Waals surface area (Å²) in [4.78, 5) is 12.2. The maximum Gasteiger partial charge on any atom is 0.226 e. The highest BCUT2D eigenvalue weighted by molar-refractivity contribution is 5.80. The van der Waals surface area contributed by atoms with E-state index in [0.29, 0.717) is 11.5 Å². The van der Waals surface area contributed by atoms with Crippen molar-refractivity contribution in [3.05, 3.63) is 35.6 Å². The molecular formula is C16H21FN2O. The summed E-state index contributed by atoms with van der Waals surface area (Å²) in [5.74, 6) is 0.259. The highest BCUT2D eigenvalue weighted by Crippen LogP contribution is 2.36. The minimum absolute atomic E-state index is 0.0469. The monoisotopic (exact) mass is 276 g/mol. The molecule has 1 aliphatic carbocycles. The van der Waals surface area contributed by atoms with Crippen LogP contribution >= 0.6 is 0 Å². The maximum atomic E-state index is 14.1. The van der Waals surface area contributed by atoms with Crippen molar-refractivity contribution in [3.8, 4) is 0 Å². The third kappa shape index (κ3) is 2.70. The van der Waals surface area contributed by atoms with Crippen LogP contribution in [0.5, 0.6) is 0 Å². The van der Waals surface area contributed by atoms with Crippen LogP contribution in [0, 0.1) is 17.7 Å². The fraction of sp³-hybridized carbons (Fsp3) is 0.562. The van der Waals surface area contributed by atoms with Crippen LogP contribution in [0.2, 0.25) is 0 Å². The highest BCUT2D eigenvalue weighted by Gasteiger charge is 2.32. The second-order valence-electron chi connectivity index (χ2n) is 5.91. The largest absolute Gasteiger partial charge is 0.349 e. The summed E-state index contributed by atoms with van der Waals surface area (Å²) in [6.45, 7) is 1.47. The van der Waals surface area contributed by atoms with E-state index in [9.17, 15) is 9.18 Å². The second-order valence-corrected chi connectivity index (χ2v) is 5.91. The Morgan fingerprint density at radius 3 is 2.55 bits per heavy atom. The molecule has 1 saturated carbocycles. The molecule has 0 aromatic heterocycles. The molecule has 1 atom stereocenters. The number of carbonyl (C=O) groups is 1. The molecule has 4 heteroatoms. The van der Waals surface area contributed by atoms with Gasteiger partial charge in [-0.2, -0.15) is 0 Å². The SMILES string of the molecule is O=C(NC(c1ccccc1F)C1CCCC1)C1CNC1. The summed E-state index contributed by atoms with van der Waals surface area (Å²) in [7, 11) is 0. The van der Waals surface area contributed by atoms with Crippen molar-refractivity contribution in [2.45, 2.75) is 31.7 Å². The molecule has 2 N–H and O–H groups in total. The number of amides is 1. The molecular weight excluding hydrogens is 255 g/mol. The topological polar surface area (TPSA) is 41.1 Å². The maximum absolute atomic E-state index is 14.1. The van der Waals surface area contributed by atoms with E-state index >= 15 is 0 Å². The molecule has 1 aromatic carbocycles. The lowest BCUT2D eigenvalue weighted by molar-refractivity contribution is -0.127. The number of nitrogens with one attached hydrogen (secondary N) is 2. The minimum atomic E-state index is -0.212. The van der Waals surface area contributed by atoms with Gasteiger partial charge in [-0.25, -0.2) is 4.39 Å². The molecule has 0 bridgehead atoms. The third-order valence-corrected chi connectivity index (χ3v) is 4.56. The first-order valence-electron chi connectivity index (χ1n) is 7.51. The lowest BCUT2D eigenvalue weighted by Crippen LogP contribution is -2.52. The van der Waals surface area contributed by atoms with E-state index in [0.717, 1.165) is 25.9 Å². The van der Waals surface area contributed by atoms with Crippen LogP contribution < -0.4 is 10.6 Å². The summed E-state index contributed by atoms with van der Waals surface area (Å²) >= 11 is 0. The molecule has 1 heterocycles. The van der Waals surface area contributed by atoms with E-state index in [4.69, 9.17) is 0 Å². The summed E-state index contributed by atoms with van der Waals surface area (Å²) in [6, 6.07) is 6.65. The first-order chi connectivity index (χ1) is 9.75. The zero-order valence-electron chi connectivity index (χ0n) is 11.6. The number of hydrogen-bond donors (Lipinski definition) is 2. The van der Waals surface area contributed by atoms with Crippen molar-refractivity contribution in [2.24, 2.45) is 11.8 Å². The lowest BCUT2D eigenvalue weighted by atomic mass is 9.90. The molecule has 1 amide bonds. The summed E-state index contributed by atoms with van der Waals surface area (Å²) in [5, 5.41) is 6.20. The van der Waals surface area contributed by atoms with E-state index in [1.165, 1.54) is 18.9 Å². The van der Waals surface area contributed by atoms with Gasteiger partial charge in [-0.3, -0.25) is 4.79 Å². The number of halogens is 1. The van der Waals surface area contributed by atoms with Crippen LogP contribution in [-0.4, -0.2) is 19.0 Å². The van der Waals surface area contributed by atoms with E-state index in [2.05, 4.69) is 10.6 Å². The second kappa shape index (κ2) is 5.92. The van der Waals surface area contributed by atoms with E-state index in [1.54, 1.807) is 12.1 Å². The molecule has 108 valence electrons. The molecule has 1 aliphatic heterocycles. The van der Waals surface area contributed by atoms with Crippen LogP contribution in [0.1, 0.15) is 37.3 Å². The van der Waals surface area contributed by atoms with Crippen molar-refractivity contribution in [3.63, 3.8) is 0 Å². The van der Waals surface area contributed by atoms with Gasteiger partial charge >= 0.3 is 0 Å². The van der Waals surface area contributed by atoms with E-state index < -0.39 is 0 Å². The molecule has 20 heavy (non-hydrogen) atoms. The van der Waals surface area contributed by atoms with Gasteiger partial charge in [0.05, 0.1) is 12.0 Å². The minimum Gasteiger partial charge on any atom is -0.349 e. The molecule has 1 aromatic rings. The van der Waals surface area contributed by atoms with Crippen LogP contribution in [0.4, 0.5) is 4.39 Å². The first kappa shape index (κ1) is 13.6. The van der Waals surface area contributed by atoms with Crippen molar-refractivity contribution in [1.29, 1.82) is 0 Å². The van der Waals surface area contributed by atoms with Crippen LogP contribution in [0.3, 0.4) is 0 Å². The number of hydrogen-bond acceptors (Lipinski definition) is 2. The number of rotatable bonds is 4. The average molecular weight is 276 g/mol. The Balaban J connectivity index is 1.79. The number of carbonyl (C=O) groups excluding carboxylic acids is 1. The summed E-state index contributed by atoms with van der Waals surface area (Å²) in [5.41, 5.74) is 0.639. The summed E-state index contributed by atoms with van der Waals surface area (Å²) in [6.07, 6.45) is 4.50. The van der Waals surface area contributed by atoms with Crippen molar-refractivity contribution in [1.82, 2.24) is 10.6 Å². The Bertz CT molecular complexity index is 481. The quantitative estimate of drug-likeness (QED) is 0.886. The molecule has 2 fully saturated rings. The Morgan fingerprint density at radius 2 is 1.95 bits per heavy atom. The van der Waals surface area contributed by atoms with Gasteiger partial charge in [-0.1, -0.05) is 31.0 Å². The molecule has 3 rings (SSSR count). The number of benzene rings is 1. The van der Waals surface area contributed by atoms with Gasteiger partial charge in [-0.15, -0.1) is 0 Å². The molecule has 1 unspecified atom stereocenters. The van der Waals surface area contributed by atoms with Gasteiger partial charge in [0, 0.05) is 18.7 Å². The molecule has 2 aliphatic rings. The molecule has 0 radical (unpaired) electrons. The highest BCUT2D eigenvalue weighted by atomic mass is 19.1. The zero-order valence-corrected chi connectivity index (χ0v) is 11.6. The van der Waals surface area contributed by atoms with Crippen LogP contribution in [0.15, 0.2) is 24.3 Å². The Hall–Kier alpha value is -1.42. The van der Waals surface area contributed by atoms with Crippen LogP contribution in [0.25, 0.3) is 0 Å². The van der Waals surface area contributed by atoms with Gasteiger partial charge in [-0.05, 0) is 24.8 Å². The smallest absolute Gasteiger partial charge is 0.226 e. The first-order valence-corrected chi connectivity index (χ1v) is 7.51. The van der Waals surface area contributed by atoms with Gasteiger partial charge in [0.1, 0.15) is 5.82 Å². The predicted octanol–water partition coefficient (Wildman–Crippen LogP) is 2.39. The van der Waals surface area contributed by atoms with Crippen molar-refractivity contribution in [2.75, 3.05) is 13.1 Å². The molecule has 0 spiro atoms. The Kier molecular flexibility index (Phi) is 4.01. The van der Waals surface area contributed by atoms with E-state index in [-0.39, 0.29) is 23.7 Å². The third-order valence-electron chi connectivity index (χ3n) is 4.56. The molecule has 3 nitrogen and oxygen atoms in total. The van der Waals surface area contributed by atoms with Gasteiger partial charge in [0.2, 0.25) is 5.91 Å². The van der Waals surface area contributed by atoms with Gasteiger partial charge < -0.3 is 10.6 Å². The van der Waals surface area contributed by atoms with Gasteiger partial charge in [0.15, 0.2) is 0 Å². The fourth-order valence-corrected chi connectivity index (χ4v) is 3.21. The van der Waals surface area contributed by atoms with Crippen LogP contribution in [-0.2, 0) is 4.79 Å². The van der Waals surface area contributed by atoms with E-state index in [1.807, 2.05) is 6.07 Å². The predicted molar refractivity (Wildman–Crippen MR) is 75.6 cm³/mol. The van der Waals surface area contributed by atoms with Crippen molar-refractivity contribution < 1.29 is 9.18 Å². The molecule has 1 saturated heterocycles. The average Bonchev–Trinajstić information content (AvgIpc) is 2.88. The van der Waals surface area contributed by atoms with Crippen molar-refractivity contribution >= 4 is 5.91 Å². The Labute approximate surface area is 118 Å². The zero-order chi connectivity index (χ0) is 13.9. The normalized spacial score (nSPS) is 21.4. The van der Waals surface area contributed by atoms with Gasteiger partial charge in [0.25, 0.3) is 0 Å². The standard InChI is InChI=1S/C16H21FN2O/c17-14-8-4-3-7-13(14)15(11-5-1-2-6-11)19-16(20)12-9-18-10-12/h3-4,7-8,11-12,15,18H,1-2,5-6,9-10H2,(H,19,20). The Morgan fingerprint density at radius 1 is 1.25 bits per heavy atom.